The molecule has 122 valence electrons. The van der Waals surface area contributed by atoms with E-state index in [1.165, 1.54) is 0 Å². The molecular formula is C20H25FN2. The third kappa shape index (κ3) is 4.41. The highest BCUT2D eigenvalue weighted by molar-refractivity contribution is 5.64. The molecule has 0 aliphatic heterocycles. The first kappa shape index (κ1) is 17.2. The monoisotopic (exact) mass is 312 g/mol. The molecule has 2 aromatic rings. The van der Waals surface area contributed by atoms with E-state index in [9.17, 15) is 4.39 Å². The van der Waals surface area contributed by atoms with E-state index in [1.54, 1.807) is 12.1 Å². The van der Waals surface area contributed by atoms with E-state index in [-0.39, 0.29) is 5.82 Å². The first-order valence-electron chi connectivity index (χ1n) is 8.00. The lowest BCUT2D eigenvalue weighted by Crippen LogP contribution is -2.14. The van der Waals surface area contributed by atoms with Crippen molar-refractivity contribution < 1.29 is 4.39 Å². The minimum absolute atomic E-state index is 0.140. The first-order chi connectivity index (χ1) is 10.9. The van der Waals surface area contributed by atoms with Crippen LogP contribution in [0, 0.1) is 26.6 Å². The van der Waals surface area contributed by atoms with E-state index in [2.05, 4.69) is 31.0 Å². The molecule has 0 aliphatic rings. The number of aryl methyl sites for hydroxylation is 3. The third-order valence-electron chi connectivity index (χ3n) is 4.13. The Morgan fingerprint density at radius 2 is 1.78 bits per heavy atom. The lowest BCUT2D eigenvalue weighted by Gasteiger charge is -2.12. The highest BCUT2D eigenvalue weighted by Crippen LogP contribution is 2.25. The van der Waals surface area contributed by atoms with Crippen molar-refractivity contribution in [3.05, 3.63) is 64.0 Å². The number of benzene rings is 2. The number of nitrogens with zero attached hydrogens (tertiary/aromatic N) is 2. The van der Waals surface area contributed by atoms with Crippen LogP contribution in [0.5, 0.6) is 0 Å². The molecule has 3 heteroatoms. The Morgan fingerprint density at radius 1 is 1.04 bits per heavy atom. The summed E-state index contributed by atoms with van der Waals surface area (Å²) in [4.78, 5) is 6.58. The van der Waals surface area contributed by atoms with Gasteiger partial charge in [-0.3, -0.25) is 0 Å². The molecule has 0 fully saturated rings. The van der Waals surface area contributed by atoms with Crippen LogP contribution in [0.1, 0.15) is 34.7 Å². The first-order valence-corrected chi connectivity index (χ1v) is 8.00. The second kappa shape index (κ2) is 7.40. The lowest BCUT2D eigenvalue weighted by molar-refractivity contribution is 0.552. The minimum Gasteiger partial charge on any atom is -0.366 e. The highest BCUT2D eigenvalue weighted by Gasteiger charge is 2.08. The SMILES string of the molecule is CCN(C)/C=N/c1cc(C)c(Cc2cc(C)ccc2F)cc1C. The van der Waals surface area contributed by atoms with Crippen molar-refractivity contribution >= 4 is 12.0 Å². The number of aliphatic imine (C=N–C) groups is 1. The van der Waals surface area contributed by atoms with Gasteiger partial charge in [-0.25, -0.2) is 9.38 Å². The Labute approximate surface area is 138 Å². The minimum atomic E-state index is -0.140. The molecule has 2 rings (SSSR count). The Morgan fingerprint density at radius 3 is 2.48 bits per heavy atom. The fraction of sp³-hybridized carbons (Fsp3) is 0.350. The maximum Gasteiger partial charge on any atom is 0.126 e. The molecule has 0 N–H and O–H groups in total. The Hall–Kier alpha value is -2.16. The largest absolute Gasteiger partial charge is 0.366 e. The van der Waals surface area contributed by atoms with E-state index in [1.807, 2.05) is 38.2 Å². The predicted molar refractivity (Wildman–Crippen MR) is 96.3 cm³/mol. The smallest absolute Gasteiger partial charge is 0.126 e. The van der Waals surface area contributed by atoms with Crippen molar-refractivity contribution in [2.24, 2.45) is 4.99 Å². The number of hydrogen-bond donors (Lipinski definition) is 0. The van der Waals surface area contributed by atoms with Crippen LogP contribution in [0.25, 0.3) is 0 Å². The molecule has 0 spiro atoms. The van der Waals surface area contributed by atoms with Crippen LogP contribution in [-0.2, 0) is 6.42 Å². The highest BCUT2D eigenvalue weighted by atomic mass is 19.1. The molecule has 0 amide bonds. The zero-order valence-electron chi connectivity index (χ0n) is 14.7. The quantitative estimate of drug-likeness (QED) is 0.563. The molecule has 0 aliphatic carbocycles. The van der Waals surface area contributed by atoms with Gasteiger partial charge in [0.15, 0.2) is 0 Å². The van der Waals surface area contributed by atoms with E-state index in [4.69, 9.17) is 0 Å². The summed E-state index contributed by atoms with van der Waals surface area (Å²) in [6.07, 6.45) is 2.46. The van der Waals surface area contributed by atoms with Crippen LogP contribution >= 0.6 is 0 Å². The fourth-order valence-corrected chi connectivity index (χ4v) is 2.48. The Kier molecular flexibility index (Phi) is 5.54. The van der Waals surface area contributed by atoms with E-state index < -0.39 is 0 Å². The second-order valence-corrected chi connectivity index (χ2v) is 6.15. The molecule has 2 nitrogen and oxygen atoms in total. The van der Waals surface area contributed by atoms with Crippen LogP contribution in [0.2, 0.25) is 0 Å². The molecule has 0 unspecified atom stereocenters. The summed E-state index contributed by atoms with van der Waals surface area (Å²) >= 11 is 0. The summed E-state index contributed by atoms with van der Waals surface area (Å²) in [6, 6.07) is 9.48. The Bertz CT molecular complexity index is 720. The summed E-state index contributed by atoms with van der Waals surface area (Å²) in [7, 11) is 2.00. The van der Waals surface area contributed by atoms with Crippen molar-refractivity contribution in [2.75, 3.05) is 13.6 Å². The zero-order chi connectivity index (χ0) is 17.0. The van der Waals surface area contributed by atoms with Crippen LogP contribution in [0.3, 0.4) is 0 Å². The zero-order valence-corrected chi connectivity index (χ0v) is 14.7. The molecule has 0 bridgehead atoms. The van der Waals surface area contributed by atoms with Gasteiger partial charge in [-0.1, -0.05) is 23.8 Å². The molecule has 0 radical (unpaired) electrons. The average molecular weight is 312 g/mol. The van der Waals surface area contributed by atoms with Gasteiger partial charge in [0.25, 0.3) is 0 Å². The van der Waals surface area contributed by atoms with Gasteiger partial charge in [0, 0.05) is 20.0 Å². The lowest BCUT2D eigenvalue weighted by atomic mass is 9.96. The van der Waals surface area contributed by atoms with E-state index >= 15 is 0 Å². The van der Waals surface area contributed by atoms with Crippen molar-refractivity contribution in [1.82, 2.24) is 4.90 Å². The van der Waals surface area contributed by atoms with Crippen molar-refractivity contribution in [1.29, 1.82) is 0 Å². The van der Waals surface area contributed by atoms with Gasteiger partial charge in [-0.05, 0) is 62.1 Å². The predicted octanol–water partition coefficient (Wildman–Crippen LogP) is 4.95. The summed E-state index contributed by atoms with van der Waals surface area (Å²) in [5, 5.41) is 0. The molecular weight excluding hydrogens is 287 g/mol. The van der Waals surface area contributed by atoms with Crippen LogP contribution in [0.4, 0.5) is 10.1 Å². The van der Waals surface area contributed by atoms with Crippen molar-refractivity contribution in [2.45, 2.75) is 34.1 Å². The van der Waals surface area contributed by atoms with Crippen molar-refractivity contribution in [3.63, 3.8) is 0 Å². The molecule has 0 aromatic heterocycles. The molecule has 0 saturated carbocycles. The van der Waals surface area contributed by atoms with Crippen molar-refractivity contribution in [3.8, 4) is 0 Å². The second-order valence-electron chi connectivity index (χ2n) is 6.15. The molecule has 23 heavy (non-hydrogen) atoms. The van der Waals surface area contributed by atoms with E-state index in [0.717, 1.165) is 40.0 Å². The van der Waals surface area contributed by atoms with Gasteiger partial charge in [0.2, 0.25) is 0 Å². The van der Waals surface area contributed by atoms with Gasteiger partial charge < -0.3 is 4.90 Å². The maximum atomic E-state index is 14.0. The van der Waals surface area contributed by atoms with Crippen LogP contribution in [-0.4, -0.2) is 24.8 Å². The van der Waals surface area contributed by atoms with Gasteiger partial charge >= 0.3 is 0 Å². The summed E-state index contributed by atoms with van der Waals surface area (Å²) in [5.41, 5.74) is 6.20. The summed E-state index contributed by atoms with van der Waals surface area (Å²) in [6.45, 7) is 9.11. The molecule has 0 saturated heterocycles. The fourth-order valence-electron chi connectivity index (χ4n) is 2.48. The molecule has 0 atom stereocenters. The van der Waals surface area contributed by atoms with E-state index in [0.29, 0.717) is 6.42 Å². The van der Waals surface area contributed by atoms with Gasteiger partial charge in [-0.15, -0.1) is 0 Å². The maximum absolute atomic E-state index is 14.0. The number of halogens is 1. The Balaban J connectivity index is 2.29. The van der Waals surface area contributed by atoms with Gasteiger partial charge in [-0.2, -0.15) is 0 Å². The number of rotatable bonds is 5. The topological polar surface area (TPSA) is 15.6 Å². The third-order valence-corrected chi connectivity index (χ3v) is 4.13. The molecule has 2 aromatic carbocycles. The normalized spacial score (nSPS) is 11.2. The standard InChI is InChI=1S/C20H25FN2/c1-6-23(5)13-22-20-11-15(3)17(10-16(20)4)12-18-9-14(2)7-8-19(18)21/h7-11,13H,6,12H2,1-5H3/b22-13+. The van der Waals surface area contributed by atoms with Gasteiger partial charge in [0.1, 0.15) is 5.82 Å². The summed E-state index contributed by atoms with van der Waals surface area (Å²) in [5.74, 6) is -0.140. The van der Waals surface area contributed by atoms with Crippen LogP contribution < -0.4 is 0 Å². The van der Waals surface area contributed by atoms with Crippen LogP contribution in [0.15, 0.2) is 35.3 Å². The summed E-state index contributed by atoms with van der Waals surface area (Å²) < 4.78 is 14.0. The van der Waals surface area contributed by atoms with Gasteiger partial charge in [0.05, 0.1) is 12.0 Å². The average Bonchev–Trinajstić information content (AvgIpc) is 2.52. The number of hydrogen-bond acceptors (Lipinski definition) is 1. The molecule has 0 heterocycles.